The summed E-state index contributed by atoms with van der Waals surface area (Å²) >= 11 is 2.63. The van der Waals surface area contributed by atoms with E-state index in [4.69, 9.17) is 0 Å². The molecule has 1 saturated carbocycles. The second kappa shape index (κ2) is 9.18. The fourth-order valence-corrected chi connectivity index (χ4v) is 6.32. The van der Waals surface area contributed by atoms with Crippen molar-refractivity contribution in [2.45, 2.75) is 102 Å². The first-order chi connectivity index (χ1) is 13.0. The first-order valence-electron chi connectivity index (χ1n) is 11.1. The van der Waals surface area contributed by atoms with Crippen molar-refractivity contribution < 1.29 is 9.59 Å². The predicted molar refractivity (Wildman–Crippen MR) is 126 cm³/mol. The Morgan fingerprint density at radius 2 is 2.00 bits per heavy atom. The summed E-state index contributed by atoms with van der Waals surface area (Å²) in [7, 11) is 0. The minimum absolute atomic E-state index is 0.0615. The maximum atomic E-state index is 13.2. The lowest BCUT2D eigenvalue weighted by atomic mass is 9.56. The highest BCUT2D eigenvalue weighted by Crippen LogP contribution is 2.55. The molecular formula is C24H40INO2. The van der Waals surface area contributed by atoms with Crippen LogP contribution in [0, 0.1) is 22.7 Å². The quantitative estimate of drug-likeness (QED) is 0.194. The molecule has 0 radical (unpaired) electrons. The van der Waals surface area contributed by atoms with Crippen LogP contribution in [-0.2, 0) is 9.59 Å². The van der Waals surface area contributed by atoms with Crippen LogP contribution in [0.3, 0.4) is 0 Å². The van der Waals surface area contributed by atoms with Gasteiger partial charge in [-0.3, -0.25) is 4.79 Å². The van der Waals surface area contributed by atoms with Crippen LogP contribution in [0.15, 0.2) is 11.6 Å². The molecule has 3 nitrogen and oxygen atoms in total. The monoisotopic (exact) mass is 501 g/mol. The fraction of sp³-hybridized carbons (Fsp3) is 0.833. The Balaban J connectivity index is 2.25. The van der Waals surface area contributed by atoms with Crippen molar-refractivity contribution in [3.63, 3.8) is 0 Å². The Hall–Kier alpha value is -0.390. The van der Waals surface area contributed by atoms with Crippen molar-refractivity contribution in [3.05, 3.63) is 11.6 Å². The number of carbonyl (C=O) groups is 2. The molecule has 4 heteroatoms. The second-order valence-corrected chi connectivity index (χ2v) is 13.1. The van der Waals surface area contributed by atoms with Gasteiger partial charge in [-0.25, -0.2) is 0 Å². The Labute approximate surface area is 186 Å². The van der Waals surface area contributed by atoms with E-state index in [2.05, 4.69) is 61.7 Å². The van der Waals surface area contributed by atoms with Gasteiger partial charge in [-0.1, -0.05) is 88.6 Å². The van der Waals surface area contributed by atoms with Gasteiger partial charge in [0.1, 0.15) is 6.29 Å². The maximum Gasteiger partial charge on any atom is 0.226 e. The lowest BCUT2D eigenvalue weighted by Crippen LogP contribution is -2.50. The number of hydrogen-bond acceptors (Lipinski definition) is 2. The number of nitrogens with one attached hydrogen (secondary N) is 1. The van der Waals surface area contributed by atoms with Crippen LogP contribution in [0.25, 0.3) is 0 Å². The highest BCUT2D eigenvalue weighted by Gasteiger charge is 2.48. The number of aldehydes is 1. The molecule has 2 aliphatic carbocycles. The van der Waals surface area contributed by atoms with Crippen LogP contribution >= 0.6 is 22.6 Å². The standard InChI is InChI=1S/C24H40INO2/c1-7-9-18-14-24(6,25)13-10-19(18)22(4)11-8-12-23(5,16-22)21(28)26-20(15-27)17(2)3/h10,15,17-18,20H,7-9,11-14,16H2,1-6H3,(H,26,28)/t18?,20-,22-,23-,24+/m1/s1. The van der Waals surface area contributed by atoms with E-state index in [1.807, 2.05) is 13.8 Å². The fourth-order valence-electron chi connectivity index (χ4n) is 5.57. The summed E-state index contributed by atoms with van der Waals surface area (Å²) in [5.74, 6) is 0.817. The number of rotatable bonds is 7. The van der Waals surface area contributed by atoms with Gasteiger partial charge in [0.25, 0.3) is 0 Å². The number of amides is 1. The van der Waals surface area contributed by atoms with Gasteiger partial charge >= 0.3 is 0 Å². The van der Waals surface area contributed by atoms with E-state index in [1.54, 1.807) is 5.57 Å². The molecule has 0 heterocycles. The molecule has 0 aliphatic heterocycles. The van der Waals surface area contributed by atoms with Gasteiger partial charge in [0.05, 0.1) is 6.04 Å². The predicted octanol–water partition coefficient (Wildman–Crippen LogP) is 6.24. The first-order valence-corrected chi connectivity index (χ1v) is 12.2. The van der Waals surface area contributed by atoms with Crippen molar-refractivity contribution in [2.24, 2.45) is 22.7 Å². The lowest BCUT2D eigenvalue weighted by Gasteiger charge is -2.49. The van der Waals surface area contributed by atoms with Gasteiger partial charge in [0.15, 0.2) is 0 Å². The maximum absolute atomic E-state index is 13.2. The van der Waals surface area contributed by atoms with Crippen molar-refractivity contribution in [3.8, 4) is 0 Å². The third-order valence-electron chi connectivity index (χ3n) is 7.14. The number of hydrogen-bond donors (Lipinski definition) is 1. The number of allylic oxidation sites excluding steroid dienone is 2. The molecule has 28 heavy (non-hydrogen) atoms. The summed E-state index contributed by atoms with van der Waals surface area (Å²) in [5.41, 5.74) is 1.30. The smallest absolute Gasteiger partial charge is 0.226 e. The minimum atomic E-state index is -0.397. The van der Waals surface area contributed by atoms with Crippen molar-refractivity contribution in [1.82, 2.24) is 5.32 Å². The van der Waals surface area contributed by atoms with E-state index in [0.29, 0.717) is 9.34 Å². The first kappa shape index (κ1) is 23.9. The average Bonchev–Trinajstić information content (AvgIpc) is 2.58. The molecule has 1 N–H and O–H groups in total. The normalized spacial score (nSPS) is 37.3. The van der Waals surface area contributed by atoms with E-state index in [-0.39, 0.29) is 23.3 Å². The average molecular weight is 501 g/mol. The van der Waals surface area contributed by atoms with E-state index in [9.17, 15) is 9.59 Å². The van der Waals surface area contributed by atoms with Crippen LogP contribution < -0.4 is 5.32 Å². The molecule has 1 unspecified atom stereocenters. The highest BCUT2D eigenvalue weighted by atomic mass is 127. The number of alkyl halides is 1. The third kappa shape index (κ3) is 5.40. The van der Waals surface area contributed by atoms with E-state index in [1.165, 1.54) is 25.7 Å². The molecule has 2 rings (SSSR count). The largest absolute Gasteiger partial charge is 0.346 e. The van der Waals surface area contributed by atoms with Crippen LogP contribution in [-0.4, -0.2) is 21.7 Å². The molecule has 0 aromatic heterocycles. The van der Waals surface area contributed by atoms with Gasteiger partial charge < -0.3 is 10.1 Å². The molecule has 0 saturated heterocycles. The zero-order chi connectivity index (χ0) is 21.2. The molecule has 0 spiro atoms. The molecule has 0 bridgehead atoms. The highest BCUT2D eigenvalue weighted by molar-refractivity contribution is 14.1. The summed E-state index contributed by atoms with van der Waals surface area (Å²) in [6, 6.07) is -0.390. The van der Waals surface area contributed by atoms with Crippen LogP contribution in [0.2, 0.25) is 0 Å². The lowest BCUT2D eigenvalue weighted by molar-refractivity contribution is -0.136. The van der Waals surface area contributed by atoms with Gasteiger partial charge in [-0.05, 0) is 55.8 Å². The topological polar surface area (TPSA) is 46.2 Å². The van der Waals surface area contributed by atoms with E-state index in [0.717, 1.165) is 32.0 Å². The summed E-state index contributed by atoms with van der Waals surface area (Å²) in [6.45, 7) is 13.1. The molecule has 0 aromatic rings. The summed E-state index contributed by atoms with van der Waals surface area (Å²) in [5, 5.41) is 3.04. The Morgan fingerprint density at radius 1 is 1.32 bits per heavy atom. The molecule has 0 aromatic carbocycles. The minimum Gasteiger partial charge on any atom is -0.346 e. The summed E-state index contributed by atoms with van der Waals surface area (Å²) in [4.78, 5) is 24.6. The Morgan fingerprint density at radius 3 is 2.57 bits per heavy atom. The van der Waals surface area contributed by atoms with Crippen molar-refractivity contribution in [1.29, 1.82) is 0 Å². The molecule has 1 fully saturated rings. The summed E-state index contributed by atoms with van der Waals surface area (Å²) in [6.07, 6.45) is 12.3. The van der Waals surface area contributed by atoms with Gasteiger partial charge in [0.2, 0.25) is 5.91 Å². The summed E-state index contributed by atoms with van der Waals surface area (Å²) < 4.78 is 0.348. The van der Waals surface area contributed by atoms with E-state index < -0.39 is 5.41 Å². The molecule has 160 valence electrons. The van der Waals surface area contributed by atoms with Crippen LogP contribution in [0.5, 0.6) is 0 Å². The van der Waals surface area contributed by atoms with Gasteiger partial charge in [-0.2, -0.15) is 0 Å². The van der Waals surface area contributed by atoms with Crippen LogP contribution in [0.4, 0.5) is 0 Å². The van der Waals surface area contributed by atoms with Crippen LogP contribution in [0.1, 0.15) is 92.9 Å². The molecule has 1 amide bonds. The zero-order valence-corrected chi connectivity index (χ0v) is 20.9. The van der Waals surface area contributed by atoms with Gasteiger partial charge in [0, 0.05) is 8.84 Å². The Kier molecular flexibility index (Phi) is 7.83. The molecule has 5 atom stereocenters. The van der Waals surface area contributed by atoms with Gasteiger partial charge in [-0.15, -0.1) is 0 Å². The zero-order valence-electron chi connectivity index (χ0n) is 18.7. The van der Waals surface area contributed by atoms with Crippen molar-refractivity contribution >= 4 is 34.8 Å². The molecule has 2 aliphatic rings. The SMILES string of the molecule is CCCC1C[C@@](C)(I)CC=C1[C@]1(C)CCC[C@@](C)(C(=O)N[C@H](C=O)C(C)C)C1. The van der Waals surface area contributed by atoms with Crippen molar-refractivity contribution in [2.75, 3.05) is 0 Å². The number of halogens is 1. The third-order valence-corrected chi connectivity index (χ3v) is 8.02. The molecular weight excluding hydrogens is 461 g/mol. The second-order valence-electron chi connectivity index (χ2n) is 10.5. The van der Waals surface area contributed by atoms with E-state index >= 15 is 0 Å². The Bertz CT molecular complexity index is 612. The number of carbonyl (C=O) groups excluding carboxylic acids is 2.